The van der Waals surface area contributed by atoms with Crippen LogP contribution in [-0.4, -0.2) is 33.8 Å². The van der Waals surface area contributed by atoms with Gasteiger partial charge in [-0.2, -0.15) is 0 Å². The van der Waals surface area contributed by atoms with Gasteiger partial charge in [-0.1, -0.05) is 26.3 Å². The fourth-order valence-corrected chi connectivity index (χ4v) is 2.75. The van der Waals surface area contributed by atoms with E-state index in [1.807, 2.05) is 26.8 Å². The van der Waals surface area contributed by atoms with Crippen LogP contribution in [-0.2, 0) is 16.1 Å². The van der Waals surface area contributed by atoms with Crippen molar-refractivity contribution in [2.24, 2.45) is 5.92 Å². The lowest BCUT2D eigenvalue weighted by Crippen LogP contribution is -2.63. The Morgan fingerprint density at radius 1 is 1.38 bits per heavy atom. The van der Waals surface area contributed by atoms with Gasteiger partial charge in [-0.25, -0.2) is 0 Å². The van der Waals surface area contributed by atoms with E-state index >= 15 is 0 Å². The zero-order chi connectivity index (χ0) is 15.6. The van der Waals surface area contributed by atoms with Crippen LogP contribution in [0.5, 0.6) is 0 Å². The van der Waals surface area contributed by atoms with E-state index < -0.39 is 12.1 Å². The molecule has 0 aromatic carbocycles. The van der Waals surface area contributed by atoms with E-state index in [-0.39, 0.29) is 17.7 Å². The Hall–Kier alpha value is -1.91. The number of nitrogens with zero attached hydrogens (tertiary/aromatic N) is 2. The van der Waals surface area contributed by atoms with Crippen LogP contribution >= 0.6 is 0 Å². The summed E-state index contributed by atoms with van der Waals surface area (Å²) in [5, 5.41) is 2.78. The molecule has 2 amide bonds. The van der Waals surface area contributed by atoms with Crippen LogP contribution < -0.4 is 5.32 Å². The second-order valence-corrected chi connectivity index (χ2v) is 5.90. The third-order valence-electron chi connectivity index (χ3n) is 4.08. The molecule has 3 atom stereocenters. The maximum atomic E-state index is 12.5. The van der Waals surface area contributed by atoms with Crippen molar-refractivity contribution in [3.63, 3.8) is 0 Å². The molecule has 114 valence electrons. The van der Waals surface area contributed by atoms with Crippen LogP contribution in [0.25, 0.3) is 0 Å². The lowest BCUT2D eigenvalue weighted by Gasteiger charge is -2.40. The topological polar surface area (TPSA) is 62.3 Å². The molecule has 5 heteroatoms. The van der Waals surface area contributed by atoms with Gasteiger partial charge >= 0.3 is 0 Å². The van der Waals surface area contributed by atoms with Gasteiger partial charge in [0.05, 0.1) is 0 Å². The minimum atomic E-state index is -0.462. The summed E-state index contributed by atoms with van der Waals surface area (Å²) in [7, 11) is 0. The molecule has 21 heavy (non-hydrogen) atoms. The van der Waals surface area contributed by atoms with Crippen molar-refractivity contribution >= 4 is 11.8 Å². The Bertz CT molecular complexity index is 544. The summed E-state index contributed by atoms with van der Waals surface area (Å²) in [5.74, 6) is 0.0395. The molecular formula is C16H23N3O2. The predicted molar refractivity (Wildman–Crippen MR) is 80.4 cm³/mol. The average Bonchev–Trinajstić information content (AvgIpc) is 2.44. The Morgan fingerprint density at radius 2 is 2.10 bits per heavy atom. The van der Waals surface area contributed by atoms with Gasteiger partial charge in [-0.3, -0.25) is 14.6 Å². The predicted octanol–water partition coefficient (Wildman–Crippen LogP) is 1.65. The highest BCUT2D eigenvalue weighted by Gasteiger charge is 2.40. The fraction of sp³-hybridized carbons (Fsp3) is 0.562. The van der Waals surface area contributed by atoms with Crippen LogP contribution in [0.15, 0.2) is 18.5 Å². The van der Waals surface area contributed by atoms with Gasteiger partial charge in [0.25, 0.3) is 0 Å². The Morgan fingerprint density at radius 3 is 2.71 bits per heavy atom. The van der Waals surface area contributed by atoms with Crippen LogP contribution in [0.3, 0.4) is 0 Å². The van der Waals surface area contributed by atoms with Crippen molar-refractivity contribution < 1.29 is 9.59 Å². The molecule has 1 aliphatic rings. The van der Waals surface area contributed by atoms with Gasteiger partial charge in [-0.05, 0) is 30.9 Å². The van der Waals surface area contributed by atoms with E-state index in [0.29, 0.717) is 6.54 Å². The van der Waals surface area contributed by atoms with Gasteiger partial charge < -0.3 is 10.2 Å². The third kappa shape index (κ3) is 3.23. The lowest BCUT2D eigenvalue weighted by atomic mass is 9.93. The molecule has 1 aromatic heterocycles. The van der Waals surface area contributed by atoms with E-state index in [0.717, 1.165) is 17.5 Å². The molecule has 0 spiro atoms. The molecule has 2 rings (SSSR count). The van der Waals surface area contributed by atoms with E-state index in [9.17, 15) is 9.59 Å². The maximum Gasteiger partial charge on any atom is 0.245 e. The van der Waals surface area contributed by atoms with Crippen LogP contribution in [0, 0.1) is 12.8 Å². The molecule has 0 bridgehead atoms. The first-order chi connectivity index (χ1) is 9.93. The fourth-order valence-electron chi connectivity index (χ4n) is 2.75. The molecule has 2 heterocycles. The summed E-state index contributed by atoms with van der Waals surface area (Å²) >= 11 is 0. The van der Waals surface area contributed by atoms with Crippen molar-refractivity contribution in [3.8, 4) is 0 Å². The first kappa shape index (κ1) is 15.5. The first-order valence-electron chi connectivity index (χ1n) is 7.45. The van der Waals surface area contributed by atoms with Crippen molar-refractivity contribution in [1.29, 1.82) is 0 Å². The van der Waals surface area contributed by atoms with E-state index in [2.05, 4.69) is 10.3 Å². The number of aryl methyl sites for hydroxylation is 1. The summed E-state index contributed by atoms with van der Waals surface area (Å²) in [6.07, 6.45) is 4.39. The van der Waals surface area contributed by atoms with Gasteiger partial charge in [0.2, 0.25) is 11.8 Å². The average molecular weight is 289 g/mol. The van der Waals surface area contributed by atoms with Gasteiger partial charge in [0.15, 0.2) is 0 Å². The number of amides is 2. The minimum Gasteiger partial charge on any atom is -0.343 e. The van der Waals surface area contributed by atoms with Crippen LogP contribution in [0.4, 0.5) is 0 Å². The number of rotatable bonds is 4. The molecule has 3 unspecified atom stereocenters. The highest BCUT2D eigenvalue weighted by atomic mass is 16.2. The van der Waals surface area contributed by atoms with E-state index in [1.165, 1.54) is 0 Å². The summed E-state index contributed by atoms with van der Waals surface area (Å²) in [5.41, 5.74) is 2.01. The SMILES string of the molecule is CCC(C)C1C(=O)NC(C)C(=O)N1Cc1cncc(C)c1. The van der Waals surface area contributed by atoms with E-state index in [1.54, 1.807) is 24.2 Å². The van der Waals surface area contributed by atoms with E-state index in [4.69, 9.17) is 0 Å². The summed E-state index contributed by atoms with van der Waals surface area (Å²) in [6.45, 7) is 8.17. The number of hydrogen-bond acceptors (Lipinski definition) is 3. The highest BCUT2D eigenvalue weighted by Crippen LogP contribution is 2.22. The zero-order valence-electron chi connectivity index (χ0n) is 13.1. The van der Waals surface area contributed by atoms with Gasteiger partial charge in [-0.15, -0.1) is 0 Å². The summed E-state index contributed by atoms with van der Waals surface area (Å²) in [6, 6.07) is 1.14. The lowest BCUT2D eigenvalue weighted by molar-refractivity contribution is -0.151. The smallest absolute Gasteiger partial charge is 0.245 e. The number of carbonyl (C=O) groups excluding carboxylic acids is 2. The van der Waals surface area contributed by atoms with Gasteiger partial charge in [0, 0.05) is 18.9 Å². The zero-order valence-corrected chi connectivity index (χ0v) is 13.1. The van der Waals surface area contributed by atoms with Crippen molar-refractivity contribution in [2.75, 3.05) is 0 Å². The number of hydrogen-bond donors (Lipinski definition) is 1. The third-order valence-corrected chi connectivity index (χ3v) is 4.08. The summed E-state index contributed by atoms with van der Waals surface area (Å²) in [4.78, 5) is 30.6. The molecule has 5 nitrogen and oxygen atoms in total. The highest BCUT2D eigenvalue weighted by molar-refractivity contribution is 5.96. The van der Waals surface area contributed by atoms with Crippen molar-refractivity contribution in [2.45, 2.75) is 52.7 Å². The minimum absolute atomic E-state index is 0.0265. The molecule has 0 saturated carbocycles. The Labute approximate surface area is 125 Å². The number of piperazine rings is 1. The number of aromatic nitrogens is 1. The molecule has 0 aliphatic carbocycles. The molecule has 1 aromatic rings. The molecule has 1 aliphatic heterocycles. The maximum absolute atomic E-state index is 12.5. The Kier molecular flexibility index (Phi) is 4.60. The van der Waals surface area contributed by atoms with Gasteiger partial charge in [0.1, 0.15) is 12.1 Å². The van der Waals surface area contributed by atoms with Crippen LogP contribution in [0.2, 0.25) is 0 Å². The first-order valence-corrected chi connectivity index (χ1v) is 7.45. The number of carbonyl (C=O) groups is 2. The molecule has 1 N–H and O–H groups in total. The molecule has 0 radical (unpaired) electrons. The van der Waals surface area contributed by atoms with Crippen molar-refractivity contribution in [1.82, 2.24) is 15.2 Å². The quantitative estimate of drug-likeness (QED) is 0.917. The number of pyridine rings is 1. The van der Waals surface area contributed by atoms with Crippen LogP contribution in [0.1, 0.15) is 38.3 Å². The number of nitrogens with one attached hydrogen (secondary N) is 1. The normalized spacial score (nSPS) is 23.9. The second kappa shape index (κ2) is 6.24. The Balaban J connectivity index is 2.29. The second-order valence-electron chi connectivity index (χ2n) is 5.90. The largest absolute Gasteiger partial charge is 0.343 e. The molecule has 1 fully saturated rings. The summed E-state index contributed by atoms with van der Waals surface area (Å²) < 4.78 is 0. The molecular weight excluding hydrogens is 266 g/mol. The molecule has 1 saturated heterocycles. The van der Waals surface area contributed by atoms with Crippen molar-refractivity contribution in [3.05, 3.63) is 29.6 Å². The monoisotopic (exact) mass is 289 g/mol. The standard InChI is InChI=1S/C16H23N3O2/c1-5-11(3)14-15(20)18-12(4)16(21)19(14)9-13-6-10(2)7-17-8-13/h6-8,11-12,14H,5,9H2,1-4H3,(H,18,20).